The van der Waals surface area contributed by atoms with Crippen LogP contribution in [0.15, 0.2) is 36.5 Å². The largest absolute Gasteiger partial charge is 0.376 e. The molecule has 2 fully saturated rings. The predicted octanol–water partition coefficient (Wildman–Crippen LogP) is 4.74. The molecule has 13 heteroatoms. The van der Waals surface area contributed by atoms with Crippen LogP contribution in [0.3, 0.4) is 0 Å². The molecular formula is C29H29Cl3N6O4. The number of rotatable bonds is 6. The first-order valence-electron chi connectivity index (χ1n) is 13.8. The first-order valence-corrected chi connectivity index (χ1v) is 15.0. The number of ether oxygens (including phenoxy) is 1. The minimum absolute atomic E-state index is 0.0186. The number of hydrogen-bond acceptors (Lipinski definition) is 7. The maximum atomic E-state index is 13.6. The van der Waals surface area contributed by atoms with Gasteiger partial charge in [0, 0.05) is 48.9 Å². The maximum absolute atomic E-state index is 13.6. The Hall–Kier alpha value is -3.02. The Morgan fingerprint density at radius 1 is 1.00 bits per heavy atom. The van der Waals surface area contributed by atoms with Crippen molar-refractivity contribution in [1.29, 1.82) is 0 Å². The molecular weight excluding hydrogens is 603 g/mol. The second kappa shape index (κ2) is 11.6. The molecule has 10 nitrogen and oxygen atoms in total. The van der Waals surface area contributed by atoms with Crippen molar-refractivity contribution in [2.45, 2.75) is 51.4 Å². The summed E-state index contributed by atoms with van der Waals surface area (Å²) in [5.74, 6) is -0.884. The van der Waals surface area contributed by atoms with Crippen LogP contribution in [0.25, 0.3) is 5.69 Å². The first kappa shape index (κ1) is 29.1. The average molecular weight is 632 g/mol. The van der Waals surface area contributed by atoms with Gasteiger partial charge in [0.2, 0.25) is 0 Å². The molecule has 42 heavy (non-hydrogen) atoms. The average Bonchev–Trinajstić information content (AvgIpc) is 3.68. The third-order valence-electron chi connectivity index (χ3n) is 8.11. The number of imide groups is 1. The lowest BCUT2D eigenvalue weighted by molar-refractivity contribution is 0.0264. The molecule has 2 saturated heterocycles. The van der Waals surface area contributed by atoms with Crippen molar-refractivity contribution in [3.8, 4) is 5.69 Å². The van der Waals surface area contributed by atoms with Crippen LogP contribution in [0.5, 0.6) is 0 Å². The Kier molecular flexibility index (Phi) is 8.01. The first-order chi connectivity index (χ1) is 20.1. The van der Waals surface area contributed by atoms with E-state index in [1.165, 1.54) is 9.58 Å². The van der Waals surface area contributed by atoms with Gasteiger partial charge in [0.15, 0.2) is 0 Å². The SMILES string of the molecule is C[C@@H]1CN(C(=O)c2ccc3c(c2)C(=O)N(CC2CCCO2)C3=O)C[C@H](C)N1Cc1cn(-c2c(Cl)cc(Cl)cc2Cl)nn1. The number of aromatic nitrogens is 3. The third kappa shape index (κ3) is 5.42. The molecule has 0 bridgehead atoms. The molecule has 0 aliphatic carbocycles. The quantitative estimate of drug-likeness (QED) is 0.363. The van der Waals surface area contributed by atoms with Gasteiger partial charge in [-0.05, 0) is 57.0 Å². The Morgan fingerprint density at radius 3 is 2.36 bits per heavy atom. The number of hydrogen-bond donors (Lipinski definition) is 0. The zero-order valence-corrected chi connectivity index (χ0v) is 25.4. The molecule has 3 amide bonds. The number of benzene rings is 2. The van der Waals surface area contributed by atoms with Crippen LogP contribution >= 0.6 is 34.8 Å². The van der Waals surface area contributed by atoms with E-state index in [0.29, 0.717) is 58.1 Å². The van der Waals surface area contributed by atoms with E-state index in [-0.39, 0.29) is 48.0 Å². The highest BCUT2D eigenvalue weighted by Gasteiger charge is 2.39. The van der Waals surface area contributed by atoms with Crippen molar-refractivity contribution in [2.24, 2.45) is 0 Å². The van der Waals surface area contributed by atoms with Crippen LogP contribution in [0, 0.1) is 0 Å². The van der Waals surface area contributed by atoms with Crippen LogP contribution in [0.2, 0.25) is 15.1 Å². The molecule has 3 aliphatic rings. The van der Waals surface area contributed by atoms with Gasteiger partial charge >= 0.3 is 0 Å². The number of amides is 3. The second-order valence-corrected chi connectivity index (χ2v) is 12.3. The Morgan fingerprint density at radius 2 is 1.69 bits per heavy atom. The minimum atomic E-state index is -0.374. The molecule has 0 N–H and O–H groups in total. The standard InChI is InChI=1S/C29H29Cl3N6O4/c1-16-11-35(12-17(2)36(16)13-20-14-38(34-33-20)26-24(31)9-19(30)10-25(26)32)27(39)18-5-6-22-23(8-18)29(41)37(28(22)40)15-21-4-3-7-42-21/h5-6,8-10,14,16-17,21H,3-4,7,11-13,15H2,1-2H3/t16-,17+,21?. The number of halogens is 3. The Balaban J connectivity index is 1.12. The molecule has 1 unspecified atom stereocenters. The van der Waals surface area contributed by atoms with Crippen LogP contribution in [-0.4, -0.2) is 91.8 Å². The number of fused-ring (bicyclic) bond motifs is 1. The summed E-state index contributed by atoms with van der Waals surface area (Å²) in [6.45, 7) is 6.48. The predicted molar refractivity (Wildman–Crippen MR) is 158 cm³/mol. The van der Waals surface area contributed by atoms with Crippen molar-refractivity contribution in [2.75, 3.05) is 26.2 Å². The molecule has 3 aromatic rings. The normalized spacial score (nSPS) is 22.7. The lowest BCUT2D eigenvalue weighted by atomic mass is 10.0. The number of nitrogens with zero attached hydrogens (tertiary/aromatic N) is 6. The smallest absolute Gasteiger partial charge is 0.261 e. The van der Waals surface area contributed by atoms with E-state index >= 15 is 0 Å². The minimum Gasteiger partial charge on any atom is -0.376 e. The van der Waals surface area contributed by atoms with E-state index in [1.54, 1.807) is 41.4 Å². The number of carbonyl (C=O) groups is 3. The molecule has 4 heterocycles. The summed E-state index contributed by atoms with van der Waals surface area (Å²) in [4.78, 5) is 44.9. The summed E-state index contributed by atoms with van der Waals surface area (Å²) < 4.78 is 7.15. The summed E-state index contributed by atoms with van der Waals surface area (Å²) in [6, 6.07) is 8.01. The van der Waals surface area contributed by atoms with Gasteiger partial charge < -0.3 is 9.64 Å². The molecule has 2 aromatic carbocycles. The molecule has 0 radical (unpaired) electrons. The van der Waals surface area contributed by atoms with E-state index in [0.717, 1.165) is 18.5 Å². The Bertz CT molecular complexity index is 1540. The molecule has 1 aromatic heterocycles. The molecule has 220 valence electrons. The van der Waals surface area contributed by atoms with E-state index in [4.69, 9.17) is 39.5 Å². The highest BCUT2D eigenvalue weighted by Crippen LogP contribution is 2.32. The van der Waals surface area contributed by atoms with Crippen LogP contribution in [-0.2, 0) is 11.3 Å². The van der Waals surface area contributed by atoms with Crippen molar-refractivity contribution in [1.82, 2.24) is 29.7 Å². The van der Waals surface area contributed by atoms with Gasteiger partial charge in [0.05, 0.1) is 45.7 Å². The van der Waals surface area contributed by atoms with Crippen molar-refractivity contribution in [3.05, 3.63) is 74.0 Å². The van der Waals surface area contributed by atoms with Crippen LogP contribution in [0.4, 0.5) is 0 Å². The molecule has 0 saturated carbocycles. The molecule has 3 aliphatic heterocycles. The second-order valence-electron chi connectivity index (χ2n) is 11.1. The fourth-order valence-corrected chi connectivity index (χ4v) is 7.01. The van der Waals surface area contributed by atoms with Crippen LogP contribution in [0.1, 0.15) is 63.5 Å². The van der Waals surface area contributed by atoms with E-state index in [2.05, 4.69) is 29.1 Å². The molecule has 3 atom stereocenters. The third-order valence-corrected chi connectivity index (χ3v) is 8.91. The maximum Gasteiger partial charge on any atom is 0.261 e. The Labute approximate surface area is 258 Å². The molecule has 6 rings (SSSR count). The number of piperazine rings is 1. The van der Waals surface area contributed by atoms with Crippen LogP contribution < -0.4 is 0 Å². The van der Waals surface area contributed by atoms with Gasteiger partial charge in [-0.15, -0.1) is 5.10 Å². The van der Waals surface area contributed by atoms with Gasteiger partial charge in [-0.2, -0.15) is 0 Å². The van der Waals surface area contributed by atoms with Gasteiger partial charge in [-0.3, -0.25) is 24.2 Å². The summed E-state index contributed by atoms with van der Waals surface area (Å²) in [5, 5.41) is 9.69. The van der Waals surface area contributed by atoms with E-state index in [1.807, 2.05) is 0 Å². The lowest BCUT2D eigenvalue weighted by Gasteiger charge is -2.44. The fourth-order valence-electron chi connectivity index (χ4n) is 6.02. The van der Waals surface area contributed by atoms with Crippen molar-refractivity contribution < 1.29 is 19.1 Å². The highest BCUT2D eigenvalue weighted by atomic mass is 35.5. The van der Waals surface area contributed by atoms with Gasteiger partial charge in [-0.1, -0.05) is 40.0 Å². The monoisotopic (exact) mass is 630 g/mol. The summed E-state index contributed by atoms with van der Waals surface area (Å²) in [5.41, 5.74) is 2.22. The summed E-state index contributed by atoms with van der Waals surface area (Å²) in [7, 11) is 0. The highest BCUT2D eigenvalue weighted by molar-refractivity contribution is 6.40. The molecule has 0 spiro atoms. The zero-order chi connectivity index (χ0) is 29.7. The topological polar surface area (TPSA) is 101 Å². The van der Waals surface area contributed by atoms with E-state index in [9.17, 15) is 14.4 Å². The van der Waals surface area contributed by atoms with Crippen molar-refractivity contribution in [3.63, 3.8) is 0 Å². The fraction of sp³-hybridized carbons (Fsp3) is 0.414. The number of carbonyl (C=O) groups excluding carboxylic acids is 3. The van der Waals surface area contributed by atoms with Gasteiger partial charge in [0.1, 0.15) is 5.69 Å². The van der Waals surface area contributed by atoms with Gasteiger partial charge in [-0.25, -0.2) is 4.68 Å². The van der Waals surface area contributed by atoms with Gasteiger partial charge in [0.25, 0.3) is 17.7 Å². The lowest BCUT2D eigenvalue weighted by Crippen LogP contribution is -2.57. The van der Waals surface area contributed by atoms with Crippen molar-refractivity contribution >= 4 is 52.5 Å². The van der Waals surface area contributed by atoms with E-state index < -0.39 is 0 Å². The summed E-state index contributed by atoms with van der Waals surface area (Å²) in [6.07, 6.45) is 3.39. The summed E-state index contributed by atoms with van der Waals surface area (Å²) >= 11 is 18.7. The zero-order valence-electron chi connectivity index (χ0n) is 23.1.